The van der Waals surface area contributed by atoms with Gasteiger partial charge >= 0.3 is 6.18 Å². The molecule has 1 aliphatic rings. The van der Waals surface area contributed by atoms with E-state index in [-0.39, 0.29) is 24.6 Å². The van der Waals surface area contributed by atoms with Crippen LogP contribution in [-0.2, 0) is 16.2 Å². The molecule has 1 aromatic rings. The van der Waals surface area contributed by atoms with Gasteiger partial charge in [-0.1, -0.05) is 6.92 Å². The zero-order chi connectivity index (χ0) is 16.6. The monoisotopic (exact) mass is 338 g/mol. The highest BCUT2D eigenvalue weighted by atomic mass is 32.2. The van der Waals surface area contributed by atoms with Crippen molar-refractivity contribution < 1.29 is 26.7 Å². The van der Waals surface area contributed by atoms with E-state index in [1.54, 1.807) is 6.92 Å². The summed E-state index contributed by atoms with van der Waals surface area (Å²) in [6.07, 6.45) is -2.60. The lowest BCUT2D eigenvalue weighted by Gasteiger charge is -2.38. The Morgan fingerprint density at radius 1 is 1.41 bits per heavy atom. The smallest absolute Gasteiger partial charge is 0.396 e. The Bertz CT molecular complexity index is 631. The highest BCUT2D eigenvalue weighted by Gasteiger charge is 2.37. The molecule has 9 heteroatoms. The van der Waals surface area contributed by atoms with Crippen LogP contribution >= 0.6 is 0 Å². The number of sulfonamides is 1. The van der Waals surface area contributed by atoms with Crippen LogP contribution in [0, 0.1) is 5.41 Å². The Kier molecular flexibility index (Phi) is 4.51. The summed E-state index contributed by atoms with van der Waals surface area (Å²) < 4.78 is 63.5. The molecule has 0 aliphatic carbocycles. The molecule has 2 rings (SSSR count). The molecule has 0 aromatic carbocycles. The number of hydrogen-bond acceptors (Lipinski definition) is 4. The lowest BCUT2D eigenvalue weighted by atomic mass is 9.84. The van der Waals surface area contributed by atoms with Gasteiger partial charge in [0.1, 0.15) is 10.6 Å². The van der Waals surface area contributed by atoms with Crippen LogP contribution in [0.25, 0.3) is 0 Å². The molecule has 124 valence electrons. The topological polar surface area (TPSA) is 70.5 Å². The second-order valence-corrected chi connectivity index (χ2v) is 7.73. The Balaban J connectivity index is 2.27. The third-order valence-electron chi connectivity index (χ3n) is 3.79. The van der Waals surface area contributed by atoms with Gasteiger partial charge in [0.05, 0.1) is 0 Å². The van der Waals surface area contributed by atoms with Crippen molar-refractivity contribution in [1.82, 2.24) is 9.29 Å². The summed E-state index contributed by atoms with van der Waals surface area (Å²) in [5.74, 6) is 0. The van der Waals surface area contributed by atoms with Crippen LogP contribution in [0.5, 0.6) is 0 Å². The fourth-order valence-corrected chi connectivity index (χ4v) is 4.03. The van der Waals surface area contributed by atoms with Crippen molar-refractivity contribution >= 4 is 10.0 Å². The summed E-state index contributed by atoms with van der Waals surface area (Å²) in [4.78, 5) is 2.91. The number of alkyl halides is 3. The number of pyridine rings is 1. The zero-order valence-electron chi connectivity index (χ0n) is 12.0. The van der Waals surface area contributed by atoms with Gasteiger partial charge in [-0.05, 0) is 25.0 Å². The Labute approximate surface area is 126 Å². The number of nitrogens with zero attached hydrogens (tertiary/aromatic N) is 2. The average molecular weight is 338 g/mol. The molecule has 0 amide bonds. The molecule has 1 atom stereocenters. The van der Waals surface area contributed by atoms with Crippen LogP contribution in [0.1, 0.15) is 25.5 Å². The summed E-state index contributed by atoms with van der Waals surface area (Å²) >= 11 is 0. The molecule has 22 heavy (non-hydrogen) atoms. The minimum atomic E-state index is -4.61. The van der Waals surface area contributed by atoms with E-state index in [2.05, 4.69) is 4.98 Å². The number of halogens is 3. The zero-order valence-corrected chi connectivity index (χ0v) is 12.8. The highest BCUT2D eigenvalue weighted by molar-refractivity contribution is 7.89. The fourth-order valence-electron chi connectivity index (χ4n) is 2.45. The summed E-state index contributed by atoms with van der Waals surface area (Å²) in [5, 5.41) is 9.37. The van der Waals surface area contributed by atoms with Gasteiger partial charge in [0.2, 0.25) is 10.0 Å². The first-order valence-corrected chi connectivity index (χ1v) is 8.17. The lowest BCUT2D eigenvalue weighted by Crippen LogP contribution is -2.46. The second kappa shape index (κ2) is 5.78. The first-order chi connectivity index (χ1) is 10.1. The van der Waals surface area contributed by atoms with Gasteiger partial charge in [0.25, 0.3) is 0 Å². The van der Waals surface area contributed by atoms with Crippen molar-refractivity contribution in [2.75, 3.05) is 19.7 Å². The molecule has 5 nitrogen and oxygen atoms in total. The second-order valence-electron chi connectivity index (χ2n) is 5.79. The van der Waals surface area contributed by atoms with Crippen LogP contribution in [0.2, 0.25) is 0 Å². The molecule has 1 saturated heterocycles. The van der Waals surface area contributed by atoms with Gasteiger partial charge in [-0.3, -0.25) is 4.98 Å². The predicted molar refractivity (Wildman–Crippen MR) is 72.4 cm³/mol. The Morgan fingerprint density at radius 3 is 2.59 bits per heavy atom. The molecule has 0 bridgehead atoms. The number of rotatable bonds is 3. The van der Waals surface area contributed by atoms with E-state index < -0.39 is 27.3 Å². The van der Waals surface area contributed by atoms with Crippen molar-refractivity contribution in [2.24, 2.45) is 5.41 Å². The molecule has 0 saturated carbocycles. The third-order valence-corrected chi connectivity index (χ3v) is 5.62. The highest BCUT2D eigenvalue weighted by Crippen LogP contribution is 2.33. The maximum absolute atomic E-state index is 12.5. The van der Waals surface area contributed by atoms with Gasteiger partial charge in [0.15, 0.2) is 0 Å². The molecular formula is C13H17F3N2O3S. The van der Waals surface area contributed by atoms with Crippen molar-refractivity contribution in [3.05, 3.63) is 24.0 Å². The standard InChI is InChI=1S/C13H17F3N2O3S/c1-12(9-19)5-2-6-18(8-12)22(20,21)10-3-4-11(17-7-10)13(14,15)16/h3-4,7,19H,2,5-6,8-9H2,1H3. The average Bonchev–Trinajstić information content (AvgIpc) is 2.46. The number of hydrogen-bond donors (Lipinski definition) is 1. The molecule has 0 spiro atoms. The van der Waals surface area contributed by atoms with E-state index in [9.17, 15) is 26.7 Å². The number of aromatic nitrogens is 1. The molecule has 1 aliphatic heterocycles. The predicted octanol–water partition coefficient (Wildman–Crippen LogP) is 1.88. The van der Waals surface area contributed by atoms with E-state index in [1.165, 1.54) is 4.31 Å². The first kappa shape index (κ1) is 17.2. The normalized spacial score (nSPS) is 24.4. The fraction of sp³-hybridized carbons (Fsp3) is 0.615. The molecule has 0 radical (unpaired) electrons. The van der Waals surface area contributed by atoms with Gasteiger partial charge < -0.3 is 5.11 Å². The van der Waals surface area contributed by atoms with Crippen LogP contribution in [0.3, 0.4) is 0 Å². The Hall–Kier alpha value is -1.19. The molecule has 1 unspecified atom stereocenters. The van der Waals surface area contributed by atoms with E-state index >= 15 is 0 Å². The van der Waals surface area contributed by atoms with E-state index in [0.29, 0.717) is 18.9 Å². The van der Waals surface area contributed by atoms with Crippen molar-refractivity contribution in [3.63, 3.8) is 0 Å². The van der Waals surface area contributed by atoms with Crippen LogP contribution in [0.15, 0.2) is 23.2 Å². The van der Waals surface area contributed by atoms with Crippen molar-refractivity contribution in [1.29, 1.82) is 0 Å². The van der Waals surface area contributed by atoms with Gasteiger partial charge in [0, 0.05) is 31.3 Å². The van der Waals surface area contributed by atoms with E-state index in [1.807, 2.05) is 0 Å². The maximum atomic E-state index is 12.5. The third kappa shape index (κ3) is 3.41. The van der Waals surface area contributed by atoms with Crippen LogP contribution < -0.4 is 0 Å². The quantitative estimate of drug-likeness (QED) is 0.914. The lowest BCUT2D eigenvalue weighted by molar-refractivity contribution is -0.141. The molecule has 2 heterocycles. The van der Waals surface area contributed by atoms with Gasteiger partial charge in [-0.25, -0.2) is 8.42 Å². The largest absolute Gasteiger partial charge is 0.433 e. The van der Waals surface area contributed by atoms with Crippen LogP contribution in [0.4, 0.5) is 13.2 Å². The van der Waals surface area contributed by atoms with Gasteiger partial charge in [-0.15, -0.1) is 0 Å². The molecule has 1 aromatic heterocycles. The molecular weight excluding hydrogens is 321 g/mol. The van der Waals surface area contributed by atoms with Gasteiger partial charge in [-0.2, -0.15) is 17.5 Å². The SMILES string of the molecule is CC1(CO)CCCN(S(=O)(=O)c2ccc(C(F)(F)F)nc2)C1. The number of aliphatic hydroxyl groups excluding tert-OH is 1. The maximum Gasteiger partial charge on any atom is 0.433 e. The Morgan fingerprint density at radius 2 is 2.09 bits per heavy atom. The molecule has 1 N–H and O–H groups in total. The first-order valence-electron chi connectivity index (χ1n) is 6.73. The minimum Gasteiger partial charge on any atom is -0.396 e. The summed E-state index contributed by atoms with van der Waals surface area (Å²) in [5.41, 5.74) is -1.67. The number of piperidine rings is 1. The van der Waals surface area contributed by atoms with E-state index in [4.69, 9.17) is 0 Å². The number of aliphatic hydroxyl groups is 1. The van der Waals surface area contributed by atoms with Crippen molar-refractivity contribution in [3.8, 4) is 0 Å². The van der Waals surface area contributed by atoms with Crippen LogP contribution in [-0.4, -0.2) is 42.5 Å². The molecule has 1 fully saturated rings. The van der Waals surface area contributed by atoms with E-state index in [0.717, 1.165) is 12.3 Å². The summed E-state index contributed by atoms with van der Waals surface area (Å²) in [7, 11) is -3.91. The summed E-state index contributed by atoms with van der Waals surface area (Å²) in [6, 6.07) is 1.57. The minimum absolute atomic E-state index is 0.132. The van der Waals surface area contributed by atoms with Crippen molar-refractivity contribution in [2.45, 2.75) is 30.8 Å². The summed E-state index contributed by atoms with van der Waals surface area (Å²) in [6.45, 7) is 2.04.